The highest BCUT2D eigenvalue weighted by atomic mass is 16.2. The third kappa shape index (κ3) is 4.57. The Bertz CT molecular complexity index is 555. The second kappa shape index (κ2) is 8.29. The Morgan fingerprint density at radius 3 is 2.54 bits per heavy atom. The number of amides is 2. The third-order valence-corrected chi connectivity index (χ3v) is 5.12. The molecule has 0 saturated carbocycles. The first-order valence-corrected chi connectivity index (χ1v) is 8.90. The van der Waals surface area contributed by atoms with Gasteiger partial charge in [-0.1, -0.05) is 32.0 Å². The molecule has 0 bridgehead atoms. The lowest BCUT2D eigenvalue weighted by atomic mass is 9.92. The minimum absolute atomic E-state index is 0.00314. The zero-order valence-electron chi connectivity index (χ0n) is 14.8. The summed E-state index contributed by atoms with van der Waals surface area (Å²) in [7, 11) is 0. The standard InChI is InChI=1S/C19H29N3O2/c1-3-19(20,4-2)14-21-17(23)16-11-8-12-22(13-16)18(24)15-9-6-5-7-10-15/h5-7,9-10,16H,3-4,8,11-14,20H2,1-2H3,(H,21,23). The number of benzene rings is 1. The molecule has 1 aromatic carbocycles. The molecule has 1 aliphatic heterocycles. The molecule has 3 N–H and O–H groups in total. The van der Waals surface area contributed by atoms with Crippen molar-refractivity contribution in [2.24, 2.45) is 11.7 Å². The largest absolute Gasteiger partial charge is 0.354 e. The number of likely N-dealkylation sites (tertiary alicyclic amines) is 1. The SMILES string of the molecule is CCC(N)(CC)CNC(=O)C1CCCN(C(=O)c2ccccc2)C1. The predicted octanol–water partition coefficient (Wildman–Crippen LogP) is 2.17. The Morgan fingerprint density at radius 1 is 1.25 bits per heavy atom. The zero-order valence-corrected chi connectivity index (χ0v) is 14.8. The molecule has 1 aliphatic rings. The Kier molecular flexibility index (Phi) is 6.37. The smallest absolute Gasteiger partial charge is 0.253 e. The fraction of sp³-hybridized carbons (Fsp3) is 0.579. The summed E-state index contributed by atoms with van der Waals surface area (Å²) in [5.41, 5.74) is 6.58. The van der Waals surface area contributed by atoms with Gasteiger partial charge in [-0.2, -0.15) is 0 Å². The normalized spacial score (nSPS) is 18.3. The van der Waals surface area contributed by atoms with E-state index in [1.54, 1.807) is 4.90 Å². The van der Waals surface area contributed by atoms with E-state index in [-0.39, 0.29) is 23.3 Å². The van der Waals surface area contributed by atoms with Crippen molar-refractivity contribution < 1.29 is 9.59 Å². The van der Waals surface area contributed by atoms with Gasteiger partial charge in [0, 0.05) is 30.7 Å². The fourth-order valence-corrected chi connectivity index (χ4v) is 3.05. The molecule has 1 unspecified atom stereocenters. The first-order valence-electron chi connectivity index (χ1n) is 8.90. The number of nitrogens with zero attached hydrogens (tertiary/aromatic N) is 1. The summed E-state index contributed by atoms with van der Waals surface area (Å²) in [4.78, 5) is 26.8. The maximum atomic E-state index is 12.6. The van der Waals surface area contributed by atoms with Crippen LogP contribution in [0.1, 0.15) is 49.9 Å². The third-order valence-electron chi connectivity index (χ3n) is 5.12. The number of carbonyl (C=O) groups is 2. The molecule has 1 aromatic rings. The highest BCUT2D eigenvalue weighted by Crippen LogP contribution is 2.19. The Morgan fingerprint density at radius 2 is 1.92 bits per heavy atom. The molecule has 132 valence electrons. The molecule has 1 atom stereocenters. The lowest BCUT2D eigenvalue weighted by Crippen LogP contribution is -2.52. The van der Waals surface area contributed by atoms with Crippen LogP contribution in [0.3, 0.4) is 0 Å². The molecule has 0 radical (unpaired) electrons. The molecule has 0 spiro atoms. The maximum Gasteiger partial charge on any atom is 0.253 e. The predicted molar refractivity (Wildman–Crippen MR) is 95.6 cm³/mol. The molecular weight excluding hydrogens is 302 g/mol. The van der Waals surface area contributed by atoms with Crippen LogP contribution in [0.15, 0.2) is 30.3 Å². The van der Waals surface area contributed by atoms with Crippen LogP contribution in [0.5, 0.6) is 0 Å². The first-order chi connectivity index (χ1) is 11.5. The molecule has 0 aliphatic carbocycles. The first kappa shape index (κ1) is 18.5. The van der Waals surface area contributed by atoms with E-state index < -0.39 is 0 Å². The number of piperidine rings is 1. The van der Waals surface area contributed by atoms with Gasteiger partial charge in [0.05, 0.1) is 5.92 Å². The van der Waals surface area contributed by atoms with Crippen molar-refractivity contribution in [3.8, 4) is 0 Å². The topological polar surface area (TPSA) is 75.4 Å². The van der Waals surface area contributed by atoms with Crippen molar-refractivity contribution in [3.05, 3.63) is 35.9 Å². The molecular formula is C19H29N3O2. The van der Waals surface area contributed by atoms with Gasteiger partial charge < -0.3 is 16.0 Å². The molecule has 1 fully saturated rings. The number of hydrogen-bond donors (Lipinski definition) is 2. The monoisotopic (exact) mass is 331 g/mol. The van der Waals surface area contributed by atoms with E-state index in [1.165, 1.54) is 0 Å². The highest BCUT2D eigenvalue weighted by Gasteiger charge is 2.30. The summed E-state index contributed by atoms with van der Waals surface area (Å²) >= 11 is 0. The second-order valence-electron chi connectivity index (χ2n) is 6.74. The minimum Gasteiger partial charge on any atom is -0.354 e. The molecule has 5 nitrogen and oxygen atoms in total. The number of rotatable bonds is 6. The van der Waals surface area contributed by atoms with E-state index >= 15 is 0 Å². The van der Waals surface area contributed by atoms with Crippen LogP contribution < -0.4 is 11.1 Å². The number of nitrogens with one attached hydrogen (secondary N) is 1. The van der Waals surface area contributed by atoms with E-state index in [0.29, 0.717) is 25.2 Å². The number of carbonyl (C=O) groups excluding carboxylic acids is 2. The Hall–Kier alpha value is -1.88. The van der Waals surface area contributed by atoms with Crippen molar-refractivity contribution >= 4 is 11.8 Å². The summed E-state index contributed by atoms with van der Waals surface area (Å²) in [6, 6.07) is 9.24. The van der Waals surface area contributed by atoms with Gasteiger partial charge in [-0.15, -0.1) is 0 Å². The average molecular weight is 331 g/mol. The van der Waals surface area contributed by atoms with Gasteiger partial charge in [0.15, 0.2) is 0 Å². The summed E-state index contributed by atoms with van der Waals surface area (Å²) in [6.45, 7) is 5.76. The van der Waals surface area contributed by atoms with Crippen LogP contribution in [0.2, 0.25) is 0 Å². The van der Waals surface area contributed by atoms with Crippen molar-refractivity contribution in [3.63, 3.8) is 0 Å². The van der Waals surface area contributed by atoms with Crippen LogP contribution in [0.25, 0.3) is 0 Å². The van der Waals surface area contributed by atoms with Crippen LogP contribution in [-0.4, -0.2) is 41.9 Å². The van der Waals surface area contributed by atoms with Crippen molar-refractivity contribution in [2.45, 2.75) is 45.1 Å². The molecule has 5 heteroatoms. The van der Waals surface area contributed by atoms with Crippen LogP contribution in [0.4, 0.5) is 0 Å². The Balaban J connectivity index is 1.93. The average Bonchev–Trinajstić information content (AvgIpc) is 2.66. The maximum absolute atomic E-state index is 12.6. The lowest BCUT2D eigenvalue weighted by molar-refractivity contribution is -0.126. The zero-order chi connectivity index (χ0) is 17.6. The van der Waals surface area contributed by atoms with Crippen molar-refractivity contribution in [1.82, 2.24) is 10.2 Å². The molecule has 1 heterocycles. The van der Waals surface area contributed by atoms with Gasteiger partial charge in [-0.05, 0) is 37.8 Å². The summed E-state index contributed by atoms with van der Waals surface area (Å²) in [6.07, 6.45) is 3.33. The van der Waals surface area contributed by atoms with Crippen LogP contribution in [0, 0.1) is 5.92 Å². The summed E-state index contributed by atoms with van der Waals surface area (Å²) in [5, 5.41) is 2.99. The second-order valence-corrected chi connectivity index (χ2v) is 6.74. The summed E-state index contributed by atoms with van der Waals surface area (Å²) in [5.74, 6) is -0.134. The van der Waals surface area contributed by atoms with Crippen molar-refractivity contribution in [2.75, 3.05) is 19.6 Å². The van der Waals surface area contributed by atoms with E-state index in [9.17, 15) is 9.59 Å². The minimum atomic E-state index is -0.343. The van der Waals surface area contributed by atoms with Crippen LogP contribution in [-0.2, 0) is 4.79 Å². The lowest BCUT2D eigenvalue weighted by Gasteiger charge is -2.33. The van der Waals surface area contributed by atoms with E-state index in [2.05, 4.69) is 5.32 Å². The molecule has 0 aromatic heterocycles. The van der Waals surface area contributed by atoms with Gasteiger partial charge in [0.1, 0.15) is 0 Å². The van der Waals surface area contributed by atoms with Crippen LogP contribution >= 0.6 is 0 Å². The van der Waals surface area contributed by atoms with E-state index in [0.717, 1.165) is 25.7 Å². The van der Waals surface area contributed by atoms with E-state index in [4.69, 9.17) is 5.73 Å². The quantitative estimate of drug-likeness (QED) is 0.839. The number of nitrogens with two attached hydrogens (primary N) is 1. The van der Waals surface area contributed by atoms with Crippen molar-refractivity contribution in [1.29, 1.82) is 0 Å². The van der Waals surface area contributed by atoms with Gasteiger partial charge in [0.2, 0.25) is 5.91 Å². The Labute approximate surface area is 144 Å². The van der Waals surface area contributed by atoms with Gasteiger partial charge in [-0.3, -0.25) is 9.59 Å². The molecule has 2 rings (SSSR count). The summed E-state index contributed by atoms with van der Waals surface area (Å²) < 4.78 is 0. The van der Waals surface area contributed by atoms with Gasteiger partial charge in [-0.25, -0.2) is 0 Å². The molecule has 2 amide bonds. The van der Waals surface area contributed by atoms with E-state index in [1.807, 2.05) is 44.2 Å². The molecule has 1 saturated heterocycles. The highest BCUT2D eigenvalue weighted by molar-refractivity contribution is 5.94. The van der Waals surface area contributed by atoms with Gasteiger partial charge >= 0.3 is 0 Å². The fourth-order valence-electron chi connectivity index (χ4n) is 3.05. The number of hydrogen-bond acceptors (Lipinski definition) is 3. The van der Waals surface area contributed by atoms with Gasteiger partial charge in [0.25, 0.3) is 5.91 Å². The molecule has 24 heavy (non-hydrogen) atoms.